The van der Waals surface area contributed by atoms with Crippen molar-refractivity contribution in [2.45, 2.75) is 25.2 Å². The highest BCUT2D eigenvalue weighted by atomic mass is 16.7. The molecule has 3 atom stereocenters. The first-order valence-electron chi connectivity index (χ1n) is 7.35. The normalized spacial score (nSPS) is 31.0. The predicted molar refractivity (Wildman–Crippen MR) is 81.4 cm³/mol. The minimum atomic E-state index is -0.803. The summed E-state index contributed by atoms with van der Waals surface area (Å²) in [6, 6.07) is 3.15. The van der Waals surface area contributed by atoms with E-state index >= 15 is 0 Å². The topological polar surface area (TPSA) is 74.2 Å². The third-order valence-corrected chi connectivity index (χ3v) is 4.56. The van der Waals surface area contributed by atoms with E-state index in [1.54, 1.807) is 13.2 Å². The summed E-state index contributed by atoms with van der Waals surface area (Å²) in [6.45, 7) is 1.83. The maximum Gasteiger partial charge on any atom is 0.196 e. The number of ketones is 1. The molecule has 1 aliphatic heterocycles. The van der Waals surface area contributed by atoms with Crippen LogP contribution < -0.4 is 4.74 Å². The van der Waals surface area contributed by atoms with Gasteiger partial charge in [0.1, 0.15) is 11.5 Å². The number of Topliss-reactive ketones (excluding diaryl/α,β-unsaturated/α-hetero) is 1. The molecular weight excluding hydrogens is 300 g/mol. The first-order chi connectivity index (χ1) is 10.9. The first-order valence-corrected chi connectivity index (χ1v) is 7.35. The minimum Gasteiger partial charge on any atom is -0.507 e. The molecule has 1 heterocycles. The molecule has 0 unspecified atom stereocenters. The summed E-state index contributed by atoms with van der Waals surface area (Å²) in [5.41, 5.74) is 1.33. The molecule has 1 N–H and O–H groups in total. The summed E-state index contributed by atoms with van der Waals surface area (Å²) in [5.74, 6) is -0.914. The lowest BCUT2D eigenvalue weighted by Crippen LogP contribution is -2.25. The monoisotopic (exact) mass is 320 g/mol. The SMILES string of the molecule is CO/C=C1/C(=O)c2c(O)cc(OC)cc2[C@@H]2O[C@@](C)(OC)C[C@H]12. The minimum absolute atomic E-state index is 0.126. The number of carbonyl (C=O) groups is 1. The van der Waals surface area contributed by atoms with Crippen LogP contribution in [0.15, 0.2) is 24.0 Å². The van der Waals surface area contributed by atoms with Gasteiger partial charge in [-0.3, -0.25) is 4.79 Å². The fraction of sp³-hybridized carbons (Fsp3) is 0.471. The number of fused-ring (bicyclic) bond motifs is 3. The van der Waals surface area contributed by atoms with Gasteiger partial charge in [0.15, 0.2) is 11.6 Å². The van der Waals surface area contributed by atoms with Gasteiger partial charge in [-0.25, -0.2) is 0 Å². The summed E-state index contributed by atoms with van der Waals surface area (Å²) in [5, 5.41) is 10.3. The molecule has 23 heavy (non-hydrogen) atoms. The Morgan fingerprint density at radius 1 is 1.35 bits per heavy atom. The average Bonchev–Trinajstić information content (AvgIpc) is 2.89. The van der Waals surface area contributed by atoms with Gasteiger partial charge >= 0.3 is 0 Å². The molecule has 1 aromatic rings. The Kier molecular flexibility index (Phi) is 3.82. The second-order valence-electron chi connectivity index (χ2n) is 5.94. The van der Waals surface area contributed by atoms with Gasteiger partial charge in [-0.15, -0.1) is 0 Å². The van der Waals surface area contributed by atoms with Crippen LogP contribution in [0.5, 0.6) is 11.5 Å². The van der Waals surface area contributed by atoms with Crippen molar-refractivity contribution in [3.05, 3.63) is 35.1 Å². The van der Waals surface area contributed by atoms with Crippen molar-refractivity contribution in [1.29, 1.82) is 0 Å². The lowest BCUT2D eigenvalue weighted by atomic mass is 9.76. The fourth-order valence-electron chi connectivity index (χ4n) is 3.38. The van der Waals surface area contributed by atoms with Crippen molar-refractivity contribution in [1.82, 2.24) is 0 Å². The van der Waals surface area contributed by atoms with E-state index in [1.807, 2.05) is 6.92 Å². The molecule has 0 spiro atoms. The molecule has 3 rings (SSSR count). The smallest absolute Gasteiger partial charge is 0.196 e. The molecule has 0 bridgehead atoms. The molecule has 1 aromatic carbocycles. The third kappa shape index (κ3) is 2.38. The highest BCUT2D eigenvalue weighted by molar-refractivity contribution is 6.13. The summed E-state index contributed by atoms with van der Waals surface area (Å²) in [4.78, 5) is 12.8. The summed E-state index contributed by atoms with van der Waals surface area (Å²) >= 11 is 0. The van der Waals surface area contributed by atoms with Gasteiger partial charge in [-0.05, 0) is 13.0 Å². The molecule has 0 radical (unpaired) electrons. The lowest BCUT2D eigenvalue weighted by Gasteiger charge is -2.29. The van der Waals surface area contributed by atoms with Crippen molar-refractivity contribution in [3.63, 3.8) is 0 Å². The Bertz CT molecular complexity index is 680. The number of benzene rings is 1. The molecule has 1 fully saturated rings. The number of carbonyl (C=O) groups excluding carboxylic acids is 1. The van der Waals surface area contributed by atoms with Crippen LogP contribution in [0.4, 0.5) is 0 Å². The average molecular weight is 320 g/mol. The van der Waals surface area contributed by atoms with E-state index in [9.17, 15) is 9.90 Å². The van der Waals surface area contributed by atoms with E-state index in [0.29, 0.717) is 23.3 Å². The van der Waals surface area contributed by atoms with E-state index in [4.69, 9.17) is 18.9 Å². The maximum absolute atomic E-state index is 12.8. The number of ether oxygens (including phenoxy) is 4. The molecule has 6 nitrogen and oxygen atoms in total. The third-order valence-electron chi connectivity index (χ3n) is 4.56. The van der Waals surface area contributed by atoms with E-state index in [2.05, 4.69) is 0 Å². The van der Waals surface area contributed by atoms with Crippen LogP contribution in [0.1, 0.15) is 35.4 Å². The van der Waals surface area contributed by atoms with Gasteiger partial charge in [-0.2, -0.15) is 0 Å². The molecule has 6 heteroatoms. The Labute approximate surface area is 134 Å². The van der Waals surface area contributed by atoms with E-state index in [1.165, 1.54) is 26.5 Å². The zero-order valence-corrected chi connectivity index (χ0v) is 13.6. The molecule has 0 amide bonds. The Morgan fingerprint density at radius 3 is 2.70 bits per heavy atom. The van der Waals surface area contributed by atoms with Crippen molar-refractivity contribution >= 4 is 5.78 Å². The highest BCUT2D eigenvalue weighted by Crippen LogP contribution is 2.53. The Balaban J connectivity index is 2.20. The van der Waals surface area contributed by atoms with Crippen molar-refractivity contribution in [3.8, 4) is 11.5 Å². The number of hydrogen-bond donors (Lipinski definition) is 1. The van der Waals surface area contributed by atoms with Gasteiger partial charge in [0.2, 0.25) is 0 Å². The van der Waals surface area contributed by atoms with Crippen LogP contribution in [0, 0.1) is 5.92 Å². The van der Waals surface area contributed by atoms with Gasteiger partial charge in [0, 0.05) is 36.7 Å². The number of phenolic OH excluding ortho intramolecular Hbond substituents is 1. The molecular formula is C17H20O6. The van der Waals surface area contributed by atoms with Crippen LogP contribution in [-0.2, 0) is 14.2 Å². The van der Waals surface area contributed by atoms with E-state index in [-0.39, 0.29) is 23.0 Å². The Morgan fingerprint density at radius 2 is 2.09 bits per heavy atom. The van der Waals surface area contributed by atoms with Crippen LogP contribution in [0.2, 0.25) is 0 Å². The standard InChI is InChI=1S/C17H20O6/c1-17(22-4)7-11-12(8-20-2)15(19)14-10(16(11)23-17)5-9(21-3)6-13(14)18/h5-6,8,11,16,18H,7H2,1-4H3/b12-8+/t11-,16+,17-/m1/s1. The van der Waals surface area contributed by atoms with Crippen molar-refractivity contribution in [2.75, 3.05) is 21.3 Å². The number of rotatable bonds is 3. The largest absolute Gasteiger partial charge is 0.507 e. The predicted octanol–water partition coefficient (Wildman–Crippen LogP) is 2.57. The fourth-order valence-corrected chi connectivity index (χ4v) is 3.38. The molecule has 0 saturated carbocycles. The lowest BCUT2D eigenvalue weighted by molar-refractivity contribution is -0.200. The maximum atomic E-state index is 12.8. The number of methoxy groups -OCH3 is 3. The zero-order chi connectivity index (χ0) is 16.8. The summed E-state index contributed by atoms with van der Waals surface area (Å²) in [7, 11) is 4.57. The van der Waals surface area contributed by atoms with Crippen LogP contribution in [0.25, 0.3) is 0 Å². The van der Waals surface area contributed by atoms with Crippen LogP contribution >= 0.6 is 0 Å². The summed E-state index contributed by atoms with van der Waals surface area (Å²) in [6.07, 6.45) is 1.54. The van der Waals surface area contributed by atoms with Crippen molar-refractivity contribution in [2.24, 2.45) is 5.92 Å². The van der Waals surface area contributed by atoms with Gasteiger partial charge in [0.05, 0.1) is 32.1 Å². The molecule has 124 valence electrons. The number of aromatic hydroxyl groups is 1. The highest BCUT2D eigenvalue weighted by Gasteiger charge is 2.51. The second kappa shape index (κ2) is 5.54. The van der Waals surface area contributed by atoms with Crippen LogP contribution in [-0.4, -0.2) is 38.0 Å². The number of phenols is 1. The van der Waals surface area contributed by atoms with Gasteiger partial charge < -0.3 is 24.1 Å². The summed E-state index contributed by atoms with van der Waals surface area (Å²) < 4.78 is 21.8. The molecule has 1 saturated heterocycles. The van der Waals surface area contributed by atoms with Crippen LogP contribution in [0.3, 0.4) is 0 Å². The first kappa shape index (κ1) is 15.8. The molecule has 2 aliphatic rings. The van der Waals surface area contributed by atoms with Crippen molar-refractivity contribution < 1.29 is 28.8 Å². The quantitative estimate of drug-likeness (QED) is 0.681. The van der Waals surface area contributed by atoms with Gasteiger partial charge in [-0.1, -0.05) is 0 Å². The van der Waals surface area contributed by atoms with E-state index < -0.39 is 11.9 Å². The number of hydrogen-bond acceptors (Lipinski definition) is 6. The van der Waals surface area contributed by atoms with Gasteiger partial charge in [0.25, 0.3) is 0 Å². The second-order valence-corrected chi connectivity index (χ2v) is 5.94. The van der Waals surface area contributed by atoms with E-state index in [0.717, 1.165) is 0 Å². The Hall–Kier alpha value is -2.05. The molecule has 1 aliphatic carbocycles. The molecule has 0 aromatic heterocycles. The zero-order valence-electron chi connectivity index (χ0n) is 13.6.